The quantitative estimate of drug-likeness (QED) is 0.576. The van der Waals surface area contributed by atoms with Gasteiger partial charge in [-0.2, -0.15) is 0 Å². The molecule has 2 rings (SSSR count). The topological polar surface area (TPSA) is 84.3 Å². The van der Waals surface area contributed by atoms with Crippen LogP contribution in [0.1, 0.15) is 51.5 Å². The van der Waals surface area contributed by atoms with Crippen molar-refractivity contribution in [2.45, 2.75) is 58.9 Å². The van der Waals surface area contributed by atoms with Crippen LogP contribution >= 0.6 is 0 Å². The smallest absolute Gasteiger partial charge is 0.274 e. The summed E-state index contributed by atoms with van der Waals surface area (Å²) in [4.78, 5) is 22.7. The van der Waals surface area contributed by atoms with E-state index in [1.54, 1.807) is 19.1 Å². The summed E-state index contributed by atoms with van der Waals surface area (Å²) >= 11 is 0. The third kappa shape index (κ3) is 5.26. The van der Waals surface area contributed by atoms with Crippen LogP contribution in [0.15, 0.2) is 18.2 Å². The number of nitro benzene ring substituents is 1. The molecular formula is C19H29N3O3. The zero-order valence-electron chi connectivity index (χ0n) is 15.4. The Labute approximate surface area is 149 Å². The van der Waals surface area contributed by atoms with Crippen molar-refractivity contribution in [3.63, 3.8) is 0 Å². The molecule has 25 heavy (non-hydrogen) atoms. The zero-order chi connectivity index (χ0) is 18.4. The maximum Gasteiger partial charge on any atom is 0.274 e. The first-order valence-electron chi connectivity index (χ1n) is 9.17. The Kier molecular flexibility index (Phi) is 6.93. The van der Waals surface area contributed by atoms with Crippen molar-refractivity contribution in [3.05, 3.63) is 33.9 Å². The molecule has 0 spiro atoms. The molecular weight excluding hydrogens is 318 g/mol. The lowest BCUT2D eigenvalue weighted by Crippen LogP contribution is -2.41. The normalized spacial score (nSPS) is 20.5. The van der Waals surface area contributed by atoms with E-state index in [0.29, 0.717) is 42.1 Å². The molecule has 2 N–H and O–H groups in total. The van der Waals surface area contributed by atoms with Crippen LogP contribution < -0.4 is 10.6 Å². The number of benzene rings is 1. The third-order valence-corrected chi connectivity index (χ3v) is 5.21. The largest absolute Gasteiger partial charge is 0.326 e. The van der Waals surface area contributed by atoms with Crippen molar-refractivity contribution in [3.8, 4) is 0 Å². The molecule has 1 amide bonds. The summed E-state index contributed by atoms with van der Waals surface area (Å²) in [6.07, 6.45) is 5.35. The van der Waals surface area contributed by atoms with Gasteiger partial charge in [-0.15, -0.1) is 0 Å². The van der Waals surface area contributed by atoms with Gasteiger partial charge in [-0.05, 0) is 37.7 Å². The SMILES string of the molecule is Cc1c(NC(=O)CCNC2CCCCC2C(C)C)cccc1[N+](=O)[O-]. The predicted molar refractivity (Wildman–Crippen MR) is 99.7 cm³/mol. The highest BCUT2D eigenvalue weighted by molar-refractivity contribution is 5.92. The van der Waals surface area contributed by atoms with E-state index < -0.39 is 4.92 Å². The number of carbonyl (C=O) groups is 1. The Morgan fingerprint density at radius 3 is 2.72 bits per heavy atom. The van der Waals surface area contributed by atoms with Crippen molar-refractivity contribution in [2.24, 2.45) is 11.8 Å². The molecule has 2 atom stereocenters. The number of amides is 1. The summed E-state index contributed by atoms with van der Waals surface area (Å²) in [5.74, 6) is 1.21. The fraction of sp³-hybridized carbons (Fsp3) is 0.632. The van der Waals surface area contributed by atoms with Gasteiger partial charge in [0.05, 0.1) is 16.2 Å². The van der Waals surface area contributed by atoms with Gasteiger partial charge in [-0.1, -0.05) is 32.8 Å². The van der Waals surface area contributed by atoms with Crippen LogP contribution in [0.3, 0.4) is 0 Å². The minimum atomic E-state index is -0.429. The highest BCUT2D eigenvalue weighted by Crippen LogP contribution is 2.30. The molecule has 6 heteroatoms. The Morgan fingerprint density at radius 2 is 2.04 bits per heavy atom. The van der Waals surface area contributed by atoms with Crippen molar-refractivity contribution >= 4 is 17.3 Å². The van der Waals surface area contributed by atoms with Gasteiger partial charge in [-0.3, -0.25) is 14.9 Å². The second-order valence-electron chi connectivity index (χ2n) is 7.26. The Morgan fingerprint density at radius 1 is 1.32 bits per heavy atom. The van der Waals surface area contributed by atoms with E-state index in [1.807, 2.05) is 0 Å². The van der Waals surface area contributed by atoms with Crippen LogP contribution in [0.4, 0.5) is 11.4 Å². The third-order valence-electron chi connectivity index (χ3n) is 5.21. The first-order valence-corrected chi connectivity index (χ1v) is 9.17. The molecule has 1 aromatic carbocycles. The second kappa shape index (κ2) is 8.94. The molecule has 138 valence electrons. The Balaban J connectivity index is 1.85. The minimum absolute atomic E-state index is 0.0258. The lowest BCUT2D eigenvalue weighted by molar-refractivity contribution is -0.385. The minimum Gasteiger partial charge on any atom is -0.326 e. The molecule has 1 aliphatic carbocycles. The van der Waals surface area contributed by atoms with Gasteiger partial charge in [0, 0.05) is 25.1 Å². The number of nitrogens with one attached hydrogen (secondary N) is 2. The number of hydrogen-bond donors (Lipinski definition) is 2. The molecule has 1 saturated carbocycles. The van der Waals surface area contributed by atoms with E-state index in [4.69, 9.17) is 0 Å². The van der Waals surface area contributed by atoms with Gasteiger partial charge >= 0.3 is 0 Å². The van der Waals surface area contributed by atoms with Gasteiger partial charge in [0.15, 0.2) is 0 Å². The van der Waals surface area contributed by atoms with Crippen LogP contribution in [0, 0.1) is 28.9 Å². The Hall–Kier alpha value is -1.95. The monoisotopic (exact) mass is 347 g/mol. The standard InChI is InChI=1S/C19H29N3O3/c1-13(2)15-7-4-5-8-17(15)20-12-11-19(23)21-16-9-6-10-18(14(16)3)22(24)25/h6,9-10,13,15,17,20H,4-5,7-8,11-12H2,1-3H3,(H,21,23). The van der Waals surface area contributed by atoms with Crippen molar-refractivity contribution in [1.29, 1.82) is 0 Å². The maximum atomic E-state index is 12.2. The summed E-state index contributed by atoms with van der Waals surface area (Å²) in [7, 11) is 0. The van der Waals surface area contributed by atoms with Gasteiger partial charge in [0.25, 0.3) is 5.69 Å². The van der Waals surface area contributed by atoms with Crippen molar-refractivity contribution < 1.29 is 9.72 Å². The molecule has 0 aromatic heterocycles. The highest BCUT2D eigenvalue weighted by atomic mass is 16.6. The average Bonchev–Trinajstić information content (AvgIpc) is 2.56. The van der Waals surface area contributed by atoms with Crippen molar-refractivity contribution in [1.82, 2.24) is 5.32 Å². The maximum absolute atomic E-state index is 12.2. The van der Waals surface area contributed by atoms with E-state index in [9.17, 15) is 14.9 Å². The molecule has 0 aliphatic heterocycles. The van der Waals surface area contributed by atoms with Gasteiger partial charge in [-0.25, -0.2) is 0 Å². The van der Waals surface area contributed by atoms with Gasteiger partial charge < -0.3 is 10.6 Å². The van der Waals surface area contributed by atoms with E-state index in [0.717, 1.165) is 0 Å². The van der Waals surface area contributed by atoms with E-state index in [2.05, 4.69) is 24.5 Å². The van der Waals surface area contributed by atoms with Crippen LogP contribution in [0.2, 0.25) is 0 Å². The molecule has 2 unspecified atom stereocenters. The molecule has 0 saturated heterocycles. The first-order chi connectivity index (χ1) is 11.9. The summed E-state index contributed by atoms with van der Waals surface area (Å²) in [6, 6.07) is 5.22. The lowest BCUT2D eigenvalue weighted by Gasteiger charge is -2.35. The molecule has 6 nitrogen and oxygen atoms in total. The number of rotatable bonds is 7. The summed E-state index contributed by atoms with van der Waals surface area (Å²) in [6.45, 7) is 6.82. The van der Waals surface area contributed by atoms with Crippen LogP contribution in [0.25, 0.3) is 0 Å². The number of hydrogen-bond acceptors (Lipinski definition) is 4. The second-order valence-corrected chi connectivity index (χ2v) is 7.26. The van der Waals surface area contributed by atoms with Crippen molar-refractivity contribution in [2.75, 3.05) is 11.9 Å². The lowest BCUT2D eigenvalue weighted by atomic mass is 9.78. The van der Waals surface area contributed by atoms with Crippen LogP contribution in [0.5, 0.6) is 0 Å². The molecule has 0 radical (unpaired) electrons. The summed E-state index contributed by atoms with van der Waals surface area (Å²) in [5, 5.41) is 17.3. The average molecular weight is 347 g/mol. The fourth-order valence-corrected chi connectivity index (χ4v) is 3.75. The molecule has 1 aromatic rings. The molecule has 1 fully saturated rings. The van der Waals surface area contributed by atoms with Crippen LogP contribution in [-0.4, -0.2) is 23.4 Å². The predicted octanol–water partition coefficient (Wildman–Crippen LogP) is 4.04. The van der Waals surface area contributed by atoms with Gasteiger partial charge in [0.1, 0.15) is 0 Å². The first kappa shape index (κ1) is 19.4. The molecule has 1 aliphatic rings. The Bertz CT molecular complexity index is 616. The molecule has 0 heterocycles. The van der Waals surface area contributed by atoms with E-state index in [-0.39, 0.29) is 11.6 Å². The summed E-state index contributed by atoms with van der Waals surface area (Å²) < 4.78 is 0. The number of nitrogens with zero attached hydrogens (tertiary/aromatic N) is 1. The van der Waals surface area contributed by atoms with E-state index >= 15 is 0 Å². The van der Waals surface area contributed by atoms with Crippen LogP contribution in [-0.2, 0) is 4.79 Å². The van der Waals surface area contributed by atoms with E-state index in [1.165, 1.54) is 31.7 Å². The zero-order valence-corrected chi connectivity index (χ0v) is 15.4. The highest BCUT2D eigenvalue weighted by Gasteiger charge is 2.27. The molecule has 0 bridgehead atoms. The number of carbonyl (C=O) groups excluding carboxylic acids is 1. The number of nitro groups is 1. The summed E-state index contributed by atoms with van der Waals surface area (Å²) in [5.41, 5.74) is 1.02. The van der Waals surface area contributed by atoms with Gasteiger partial charge in [0.2, 0.25) is 5.91 Å². The fourth-order valence-electron chi connectivity index (χ4n) is 3.75. The number of anilines is 1.